The Morgan fingerprint density at radius 2 is 1.15 bits per heavy atom. The summed E-state index contributed by atoms with van der Waals surface area (Å²) in [5.74, 6) is 0.664. The van der Waals surface area contributed by atoms with Crippen LogP contribution in [0.3, 0.4) is 0 Å². The molecule has 8 aromatic carbocycles. The van der Waals surface area contributed by atoms with Crippen LogP contribution >= 0.6 is 11.3 Å². The zero-order valence-electron chi connectivity index (χ0n) is 31.9. The Balaban J connectivity index is 1.01. The van der Waals surface area contributed by atoms with Crippen LogP contribution in [-0.4, -0.2) is 11.5 Å². The largest absolute Gasteiger partial charge is 0.456 e. The maximum Gasteiger partial charge on any atom is 0.160 e. The van der Waals surface area contributed by atoms with Gasteiger partial charge in [0.25, 0.3) is 0 Å². The van der Waals surface area contributed by atoms with E-state index in [1.807, 2.05) is 47.7 Å². The minimum atomic E-state index is 0.664. The number of amidine groups is 1. The Labute approximate surface area is 343 Å². The summed E-state index contributed by atoms with van der Waals surface area (Å²) in [7, 11) is 0. The van der Waals surface area contributed by atoms with Gasteiger partial charge in [-0.25, -0.2) is 9.98 Å². The van der Waals surface area contributed by atoms with Gasteiger partial charge < -0.3 is 8.83 Å². The second-order valence-electron chi connectivity index (χ2n) is 15.1. The van der Waals surface area contributed by atoms with Crippen molar-refractivity contribution in [1.82, 2.24) is 0 Å². The molecule has 4 heterocycles. The van der Waals surface area contributed by atoms with Gasteiger partial charge in [-0.2, -0.15) is 0 Å². The Hall–Kier alpha value is -7.34. The van der Waals surface area contributed by atoms with E-state index in [2.05, 4.69) is 146 Å². The molecule has 3 aromatic heterocycles. The van der Waals surface area contributed by atoms with Crippen LogP contribution in [0.4, 0.5) is 0 Å². The fourth-order valence-electron chi connectivity index (χ4n) is 8.86. The smallest absolute Gasteiger partial charge is 0.160 e. The van der Waals surface area contributed by atoms with Crippen LogP contribution in [0.1, 0.15) is 29.5 Å². The number of fused-ring (bicyclic) bond motifs is 9. The second-order valence-corrected chi connectivity index (χ2v) is 16.2. The van der Waals surface area contributed by atoms with Crippen LogP contribution in [0.5, 0.6) is 0 Å². The van der Waals surface area contributed by atoms with E-state index in [0.717, 1.165) is 90.4 Å². The average Bonchev–Trinajstić information content (AvgIpc) is 3.98. The highest BCUT2D eigenvalue weighted by Crippen LogP contribution is 2.44. The second kappa shape index (κ2) is 13.7. The predicted octanol–water partition coefficient (Wildman–Crippen LogP) is 15.3. The minimum absolute atomic E-state index is 0.664. The van der Waals surface area contributed by atoms with E-state index < -0.39 is 0 Å². The SMILES string of the molecule is C1=C(c2cccc3c2oc2cc(-c4cc(-c5ccccc5)cc5sc6ccccc6c45)ccc23)/N=C(c2ccccc2)\N=C(\c2cccc3oc4ccccc4c23)CC\1. The lowest BCUT2D eigenvalue weighted by Crippen LogP contribution is -2.09. The molecule has 11 aromatic rings. The maximum absolute atomic E-state index is 6.92. The van der Waals surface area contributed by atoms with Gasteiger partial charge >= 0.3 is 0 Å². The van der Waals surface area contributed by atoms with Gasteiger partial charge in [0.1, 0.15) is 22.3 Å². The minimum Gasteiger partial charge on any atom is -0.456 e. The Bertz CT molecular complexity index is 3550. The molecule has 0 bridgehead atoms. The van der Waals surface area contributed by atoms with Crippen molar-refractivity contribution in [2.45, 2.75) is 12.8 Å². The number of nitrogens with zero attached hydrogens (tertiary/aromatic N) is 2. The maximum atomic E-state index is 6.92. The third-order valence-corrected chi connectivity index (χ3v) is 12.7. The first kappa shape index (κ1) is 33.8. The molecule has 1 aliphatic rings. The zero-order valence-corrected chi connectivity index (χ0v) is 32.7. The molecular weight excluding hydrogens is 741 g/mol. The quantitative estimate of drug-likeness (QED) is 0.175. The summed E-state index contributed by atoms with van der Waals surface area (Å²) >= 11 is 1.85. The first-order valence-electron chi connectivity index (χ1n) is 20.0. The van der Waals surface area contributed by atoms with Gasteiger partial charge in [0.05, 0.1) is 11.4 Å². The average molecular weight is 775 g/mol. The van der Waals surface area contributed by atoms with Crippen LogP contribution in [0.15, 0.2) is 201 Å². The number of para-hydroxylation sites is 2. The van der Waals surface area contributed by atoms with E-state index in [1.165, 1.54) is 36.9 Å². The summed E-state index contributed by atoms with van der Waals surface area (Å²) in [5, 5.41) is 6.88. The topological polar surface area (TPSA) is 51.0 Å². The highest BCUT2D eigenvalue weighted by molar-refractivity contribution is 7.26. The van der Waals surface area contributed by atoms with Crippen molar-refractivity contribution in [3.8, 4) is 22.3 Å². The molecule has 12 rings (SSSR count). The van der Waals surface area contributed by atoms with Crippen molar-refractivity contribution in [3.05, 3.63) is 199 Å². The Kier molecular flexibility index (Phi) is 7.81. The van der Waals surface area contributed by atoms with Crippen molar-refractivity contribution in [1.29, 1.82) is 0 Å². The molecule has 0 unspecified atom stereocenters. The monoisotopic (exact) mass is 774 g/mol. The number of benzene rings is 8. The fourth-order valence-corrected chi connectivity index (χ4v) is 10.0. The standard InChI is InChI=1S/C54H34N2O2S/c1-3-14-33(15-4-1)36-30-43(52-42-19-8-10-27-49(42)59-50(52)32-36)35-28-29-37-38-20-11-22-40(53(38)58-48(37)31-35)45-24-13-23-44(55-54(56-45)34-16-5-2-6-17-34)39-21-12-26-47-51(39)41-18-7-9-25-46(41)57-47/h1-12,14-22,24-32H,13,23H2/b45-24-,55-44+,56-54-. The number of hydrogen-bond acceptors (Lipinski definition) is 5. The van der Waals surface area contributed by atoms with Gasteiger partial charge in [-0.1, -0.05) is 133 Å². The van der Waals surface area contributed by atoms with Crippen LogP contribution in [-0.2, 0) is 0 Å². The molecule has 0 saturated carbocycles. The van der Waals surface area contributed by atoms with Crippen molar-refractivity contribution in [2.24, 2.45) is 9.98 Å². The first-order chi connectivity index (χ1) is 29.2. The molecule has 0 aliphatic carbocycles. The van der Waals surface area contributed by atoms with E-state index in [9.17, 15) is 0 Å². The molecule has 0 radical (unpaired) electrons. The van der Waals surface area contributed by atoms with E-state index in [0.29, 0.717) is 5.84 Å². The lowest BCUT2D eigenvalue weighted by Gasteiger charge is -2.14. The lowest BCUT2D eigenvalue weighted by atomic mass is 9.94. The summed E-state index contributed by atoms with van der Waals surface area (Å²) in [6.07, 6.45) is 3.74. The van der Waals surface area contributed by atoms with Gasteiger partial charge in [-0.05, 0) is 83.6 Å². The van der Waals surface area contributed by atoms with Crippen LogP contribution < -0.4 is 0 Å². The summed E-state index contributed by atoms with van der Waals surface area (Å²) in [5.41, 5.74) is 13.0. The molecular formula is C54H34N2O2S. The predicted molar refractivity (Wildman–Crippen MR) is 248 cm³/mol. The van der Waals surface area contributed by atoms with Crippen LogP contribution in [0.25, 0.3) is 92.0 Å². The number of furan rings is 2. The molecule has 0 saturated heterocycles. The van der Waals surface area contributed by atoms with Crippen LogP contribution in [0, 0.1) is 0 Å². The lowest BCUT2D eigenvalue weighted by molar-refractivity contribution is 0.667. The number of hydrogen-bond donors (Lipinski definition) is 0. The van der Waals surface area contributed by atoms with Gasteiger partial charge in [0.2, 0.25) is 0 Å². The highest BCUT2D eigenvalue weighted by atomic mass is 32.1. The molecule has 0 atom stereocenters. The highest BCUT2D eigenvalue weighted by Gasteiger charge is 2.21. The Morgan fingerprint density at radius 1 is 0.424 bits per heavy atom. The molecule has 0 fully saturated rings. The van der Waals surface area contributed by atoms with E-state index in [-0.39, 0.29) is 0 Å². The molecule has 0 spiro atoms. The fraction of sp³-hybridized carbons (Fsp3) is 0.0370. The molecule has 5 heteroatoms. The van der Waals surface area contributed by atoms with Crippen molar-refractivity contribution >= 4 is 92.6 Å². The van der Waals surface area contributed by atoms with Gasteiger partial charge in [0, 0.05) is 58.4 Å². The van der Waals surface area contributed by atoms with Gasteiger partial charge in [-0.3, -0.25) is 0 Å². The number of thiophene rings is 1. The molecule has 278 valence electrons. The van der Waals surface area contributed by atoms with Crippen molar-refractivity contribution in [2.75, 3.05) is 0 Å². The summed E-state index contributed by atoms with van der Waals surface area (Å²) in [4.78, 5) is 10.8. The zero-order chi connectivity index (χ0) is 38.9. The third kappa shape index (κ3) is 5.65. The van der Waals surface area contributed by atoms with Crippen molar-refractivity contribution < 1.29 is 8.83 Å². The first-order valence-corrected chi connectivity index (χ1v) is 20.8. The van der Waals surface area contributed by atoms with E-state index in [1.54, 1.807) is 0 Å². The molecule has 0 amide bonds. The van der Waals surface area contributed by atoms with E-state index in [4.69, 9.17) is 18.8 Å². The van der Waals surface area contributed by atoms with Gasteiger partial charge in [-0.15, -0.1) is 11.3 Å². The third-order valence-electron chi connectivity index (χ3n) is 11.6. The number of allylic oxidation sites excluding steroid dienone is 1. The Morgan fingerprint density at radius 3 is 2.03 bits per heavy atom. The van der Waals surface area contributed by atoms with E-state index >= 15 is 0 Å². The number of rotatable bonds is 5. The number of aliphatic imine (C=N–C) groups is 2. The molecule has 4 nitrogen and oxygen atoms in total. The summed E-state index contributed by atoms with van der Waals surface area (Å²) in [6.45, 7) is 0. The summed E-state index contributed by atoms with van der Waals surface area (Å²) < 4.78 is 15.8. The van der Waals surface area contributed by atoms with Gasteiger partial charge in [0.15, 0.2) is 5.84 Å². The normalized spacial score (nSPS) is 16.2. The molecule has 0 N–H and O–H groups in total. The molecule has 59 heavy (non-hydrogen) atoms. The van der Waals surface area contributed by atoms with Crippen LogP contribution in [0.2, 0.25) is 0 Å². The van der Waals surface area contributed by atoms with Crippen molar-refractivity contribution in [3.63, 3.8) is 0 Å². The molecule has 1 aliphatic heterocycles. The summed E-state index contributed by atoms with van der Waals surface area (Å²) in [6, 6.07) is 61.9.